The fourth-order valence-corrected chi connectivity index (χ4v) is 3.62. The van der Waals surface area contributed by atoms with Crippen molar-refractivity contribution in [1.29, 1.82) is 0 Å². The molecular formula is C27H29FN2O4. The number of esters is 1. The fraction of sp³-hybridized carbons (Fsp3) is 0.296. The van der Waals surface area contributed by atoms with Crippen LogP contribution in [-0.2, 0) is 14.3 Å². The van der Waals surface area contributed by atoms with E-state index in [4.69, 9.17) is 9.72 Å². The van der Waals surface area contributed by atoms with Crippen LogP contribution >= 0.6 is 0 Å². The van der Waals surface area contributed by atoms with Gasteiger partial charge in [-0.3, -0.25) is 14.2 Å². The lowest BCUT2D eigenvalue weighted by atomic mass is 10.1. The molecule has 3 aromatic rings. The zero-order valence-corrected chi connectivity index (χ0v) is 19.6. The first-order valence-electron chi connectivity index (χ1n) is 11.3. The predicted octanol–water partition coefficient (Wildman–Crippen LogP) is 5.09. The number of ketones is 1. The summed E-state index contributed by atoms with van der Waals surface area (Å²) in [6, 6.07) is 15.8. The van der Waals surface area contributed by atoms with Gasteiger partial charge >= 0.3 is 5.97 Å². The molecule has 0 fully saturated rings. The molecule has 0 radical (unpaired) electrons. The molecular weight excluding hydrogens is 435 g/mol. The van der Waals surface area contributed by atoms with Crippen LogP contribution in [0.5, 0.6) is 0 Å². The minimum Gasteiger partial charge on any atom is -0.466 e. The Labute approximate surface area is 198 Å². The molecule has 0 unspecified atom stereocenters. The molecule has 0 saturated heterocycles. The number of halogens is 1. The summed E-state index contributed by atoms with van der Waals surface area (Å²) in [5.41, 5.74) is 3.12. The topological polar surface area (TPSA) is 81.4 Å². The average molecular weight is 465 g/mol. The first-order valence-corrected chi connectivity index (χ1v) is 11.3. The maximum atomic E-state index is 13.6. The number of nitrogens with zero attached hydrogens (tertiary/aromatic N) is 2. The summed E-state index contributed by atoms with van der Waals surface area (Å²) in [6.45, 7) is 5.90. The van der Waals surface area contributed by atoms with Crippen molar-refractivity contribution >= 4 is 17.8 Å². The number of hydrogen-bond donors (Lipinski definition) is 1. The first-order chi connectivity index (χ1) is 16.3. The summed E-state index contributed by atoms with van der Waals surface area (Å²) >= 11 is 0. The fourth-order valence-electron chi connectivity index (χ4n) is 3.62. The average Bonchev–Trinajstić information content (AvgIpc) is 3.18. The smallest absolute Gasteiger partial charge is 0.313 e. The summed E-state index contributed by atoms with van der Waals surface area (Å²) in [4.78, 5) is 28.5. The molecule has 178 valence electrons. The van der Waals surface area contributed by atoms with Crippen LogP contribution in [0.3, 0.4) is 0 Å². The number of ether oxygens (including phenoxy) is 1. The molecule has 0 bridgehead atoms. The van der Waals surface area contributed by atoms with Gasteiger partial charge in [0.15, 0.2) is 0 Å². The molecule has 0 aliphatic heterocycles. The lowest BCUT2D eigenvalue weighted by Crippen LogP contribution is -2.16. The molecule has 0 saturated carbocycles. The van der Waals surface area contributed by atoms with Crippen LogP contribution in [-0.4, -0.2) is 39.1 Å². The van der Waals surface area contributed by atoms with Crippen molar-refractivity contribution in [2.45, 2.75) is 45.6 Å². The monoisotopic (exact) mass is 464 g/mol. The van der Waals surface area contributed by atoms with Gasteiger partial charge < -0.3 is 9.84 Å². The van der Waals surface area contributed by atoms with E-state index in [1.807, 2.05) is 48.7 Å². The maximum Gasteiger partial charge on any atom is 0.313 e. The van der Waals surface area contributed by atoms with Crippen molar-refractivity contribution in [2.75, 3.05) is 6.61 Å². The number of aliphatic hydroxyl groups is 1. The standard InChI is InChI=1S/C27H29FN2O4/c1-4-34-25(33)17-23(32)16-22(31)14-15-24-26(18(2)3)29-27(19-8-6-5-7-9-19)30(24)21-12-10-20(28)11-13-21/h5-15,18,22,31H,4,16-17H2,1-3H3/b15-14+/t22-/m0/s1. The second kappa shape index (κ2) is 11.5. The quantitative estimate of drug-likeness (QED) is 0.334. The van der Waals surface area contributed by atoms with Crippen molar-refractivity contribution in [3.63, 3.8) is 0 Å². The summed E-state index contributed by atoms with van der Waals surface area (Å²) in [5, 5.41) is 10.4. The highest BCUT2D eigenvalue weighted by molar-refractivity contribution is 5.95. The Hall–Kier alpha value is -3.58. The van der Waals surface area contributed by atoms with Gasteiger partial charge in [-0.25, -0.2) is 9.37 Å². The Kier molecular flexibility index (Phi) is 8.49. The number of aromatic nitrogens is 2. The van der Waals surface area contributed by atoms with E-state index in [9.17, 15) is 19.1 Å². The molecule has 0 aliphatic rings. The van der Waals surface area contributed by atoms with Gasteiger partial charge in [0.1, 0.15) is 23.8 Å². The largest absolute Gasteiger partial charge is 0.466 e. The Morgan fingerprint density at radius 2 is 1.79 bits per heavy atom. The van der Waals surface area contributed by atoms with Gasteiger partial charge in [-0.1, -0.05) is 50.3 Å². The van der Waals surface area contributed by atoms with Crippen molar-refractivity contribution in [3.8, 4) is 17.1 Å². The highest BCUT2D eigenvalue weighted by atomic mass is 19.1. The summed E-state index contributed by atoms with van der Waals surface area (Å²) in [6.07, 6.45) is 1.57. The summed E-state index contributed by atoms with van der Waals surface area (Å²) in [7, 11) is 0. The Morgan fingerprint density at radius 3 is 2.41 bits per heavy atom. The van der Waals surface area contributed by atoms with Crippen LogP contribution in [0, 0.1) is 5.82 Å². The van der Waals surface area contributed by atoms with E-state index in [1.165, 1.54) is 18.2 Å². The van der Waals surface area contributed by atoms with Gasteiger partial charge in [-0.2, -0.15) is 0 Å². The highest BCUT2D eigenvalue weighted by Gasteiger charge is 2.21. The van der Waals surface area contributed by atoms with E-state index in [-0.39, 0.29) is 31.2 Å². The second-order valence-electron chi connectivity index (χ2n) is 8.19. The zero-order valence-electron chi connectivity index (χ0n) is 19.6. The molecule has 1 aromatic heterocycles. The van der Waals surface area contributed by atoms with E-state index in [0.29, 0.717) is 11.5 Å². The SMILES string of the molecule is CCOC(=O)CC(=O)C[C@@H](O)/C=C/c1c(C(C)C)nc(-c2ccccc2)n1-c1ccc(F)cc1. The molecule has 0 aliphatic carbocycles. The van der Waals surface area contributed by atoms with Crippen molar-refractivity contribution in [2.24, 2.45) is 0 Å². The third-order valence-corrected chi connectivity index (χ3v) is 5.17. The Morgan fingerprint density at radius 1 is 1.12 bits per heavy atom. The van der Waals surface area contributed by atoms with Gasteiger partial charge in [-0.15, -0.1) is 0 Å². The van der Waals surface area contributed by atoms with Crippen LogP contribution in [0.2, 0.25) is 0 Å². The summed E-state index contributed by atoms with van der Waals surface area (Å²) < 4.78 is 20.3. The molecule has 1 heterocycles. The normalized spacial score (nSPS) is 12.3. The maximum absolute atomic E-state index is 13.6. The van der Waals surface area contributed by atoms with Crippen molar-refractivity contribution < 1.29 is 23.8 Å². The Balaban J connectivity index is 2.00. The zero-order chi connectivity index (χ0) is 24.7. The molecule has 34 heavy (non-hydrogen) atoms. The molecule has 0 amide bonds. The van der Waals surface area contributed by atoms with Crippen LogP contribution in [0.25, 0.3) is 23.2 Å². The lowest BCUT2D eigenvalue weighted by Gasteiger charge is -2.12. The molecule has 3 rings (SSSR count). The molecule has 0 spiro atoms. The van der Waals surface area contributed by atoms with Crippen LogP contribution in [0.1, 0.15) is 50.9 Å². The minimum absolute atomic E-state index is 0.0615. The minimum atomic E-state index is -1.08. The van der Waals surface area contributed by atoms with Gasteiger partial charge in [0.2, 0.25) is 0 Å². The Bertz CT molecular complexity index is 1150. The summed E-state index contributed by atoms with van der Waals surface area (Å²) in [5.74, 6) is -0.610. The third-order valence-electron chi connectivity index (χ3n) is 5.17. The van der Waals surface area contributed by atoms with E-state index in [0.717, 1.165) is 17.0 Å². The number of benzene rings is 2. The van der Waals surface area contributed by atoms with E-state index >= 15 is 0 Å². The lowest BCUT2D eigenvalue weighted by molar-refractivity contribution is -0.145. The number of carbonyl (C=O) groups is 2. The number of hydrogen-bond acceptors (Lipinski definition) is 5. The number of carbonyl (C=O) groups excluding carboxylic acids is 2. The number of aliphatic hydroxyl groups excluding tert-OH is 1. The number of rotatable bonds is 10. The molecule has 6 nitrogen and oxygen atoms in total. The van der Waals surface area contributed by atoms with Gasteiger partial charge in [0, 0.05) is 17.7 Å². The van der Waals surface area contributed by atoms with E-state index in [1.54, 1.807) is 25.1 Å². The van der Waals surface area contributed by atoms with E-state index < -0.39 is 17.9 Å². The molecule has 2 aromatic carbocycles. The van der Waals surface area contributed by atoms with Crippen molar-refractivity contribution in [1.82, 2.24) is 9.55 Å². The number of Topliss-reactive ketones (excluding diaryl/α,β-unsaturated/α-hetero) is 1. The molecule has 1 atom stereocenters. The van der Waals surface area contributed by atoms with Gasteiger partial charge in [-0.05, 0) is 43.2 Å². The predicted molar refractivity (Wildman–Crippen MR) is 129 cm³/mol. The molecule has 1 N–H and O–H groups in total. The second-order valence-corrected chi connectivity index (χ2v) is 8.19. The molecule has 7 heteroatoms. The number of imidazole rings is 1. The van der Waals surface area contributed by atoms with Crippen LogP contribution in [0.4, 0.5) is 4.39 Å². The van der Waals surface area contributed by atoms with E-state index in [2.05, 4.69) is 0 Å². The third kappa shape index (κ3) is 6.26. The van der Waals surface area contributed by atoms with Crippen LogP contribution in [0.15, 0.2) is 60.7 Å². The highest BCUT2D eigenvalue weighted by Crippen LogP contribution is 2.31. The van der Waals surface area contributed by atoms with Crippen molar-refractivity contribution in [3.05, 3.63) is 77.9 Å². The van der Waals surface area contributed by atoms with Crippen LogP contribution < -0.4 is 0 Å². The van der Waals surface area contributed by atoms with Gasteiger partial charge in [0.05, 0.1) is 24.1 Å². The first kappa shape index (κ1) is 25.1. The van der Waals surface area contributed by atoms with Gasteiger partial charge in [0.25, 0.3) is 0 Å².